The molecule has 1 N–H and O–H groups in total. The molecule has 2 heteroatoms. The van der Waals surface area contributed by atoms with Crippen LogP contribution in [0.5, 0.6) is 5.75 Å². The predicted molar refractivity (Wildman–Crippen MR) is 62.1 cm³/mol. The zero-order valence-electron chi connectivity index (χ0n) is 9.28. The highest BCUT2D eigenvalue weighted by Gasteiger charge is 2.14. The highest BCUT2D eigenvalue weighted by atomic mass is 16.3. The summed E-state index contributed by atoms with van der Waals surface area (Å²) in [5, 5.41) is 10.5. The van der Waals surface area contributed by atoms with Crippen molar-refractivity contribution in [2.75, 3.05) is 0 Å². The normalized spacial score (nSPS) is 11.9. The Hall–Kier alpha value is -1.57. The number of hydrogen-bond donors (Lipinski definition) is 1. The number of benzene rings is 1. The molecule has 1 aromatic carbocycles. The number of nitrogens with zero attached hydrogens (tertiary/aromatic N) is 1. The van der Waals surface area contributed by atoms with Crippen molar-refractivity contribution in [2.45, 2.75) is 26.2 Å². The van der Waals surface area contributed by atoms with Crippen LogP contribution in [0.4, 0.5) is 0 Å². The van der Waals surface area contributed by atoms with Gasteiger partial charge in [-0.3, -0.25) is 4.98 Å². The molecule has 0 radical (unpaired) electrons. The molecule has 2 rings (SSSR count). The number of pyridine rings is 1. The second-order valence-corrected chi connectivity index (χ2v) is 4.81. The van der Waals surface area contributed by atoms with E-state index in [0.29, 0.717) is 5.75 Å². The van der Waals surface area contributed by atoms with Gasteiger partial charge >= 0.3 is 0 Å². The molecule has 78 valence electrons. The fraction of sp³-hybridized carbons (Fsp3) is 0.308. The second kappa shape index (κ2) is 3.23. The molecule has 1 aromatic heterocycles. The van der Waals surface area contributed by atoms with Gasteiger partial charge in [0.25, 0.3) is 0 Å². The van der Waals surface area contributed by atoms with Gasteiger partial charge in [0.1, 0.15) is 5.75 Å². The van der Waals surface area contributed by atoms with E-state index in [1.165, 1.54) is 5.56 Å². The first-order chi connectivity index (χ1) is 6.98. The Kier molecular flexibility index (Phi) is 2.14. The van der Waals surface area contributed by atoms with E-state index in [9.17, 15) is 5.11 Å². The van der Waals surface area contributed by atoms with Gasteiger partial charge in [0.05, 0.1) is 5.52 Å². The Morgan fingerprint density at radius 2 is 1.87 bits per heavy atom. The summed E-state index contributed by atoms with van der Waals surface area (Å²) in [6.45, 7) is 6.46. The summed E-state index contributed by atoms with van der Waals surface area (Å²) in [4.78, 5) is 4.21. The largest absolute Gasteiger partial charge is 0.507 e. The third-order valence-electron chi connectivity index (χ3n) is 2.58. The maximum absolute atomic E-state index is 9.72. The van der Waals surface area contributed by atoms with Crippen molar-refractivity contribution in [3.63, 3.8) is 0 Å². The summed E-state index contributed by atoms with van der Waals surface area (Å²) in [6.07, 6.45) is 1.62. The Balaban J connectivity index is 2.70. The molecule has 0 aliphatic rings. The van der Waals surface area contributed by atoms with Gasteiger partial charge in [-0.2, -0.15) is 0 Å². The monoisotopic (exact) mass is 201 g/mol. The lowest BCUT2D eigenvalue weighted by Crippen LogP contribution is -2.10. The van der Waals surface area contributed by atoms with E-state index in [0.717, 1.165) is 10.9 Å². The number of aromatic hydroxyl groups is 1. The maximum Gasteiger partial charge on any atom is 0.126 e. The first kappa shape index (κ1) is 9.97. The Morgan fingerprint density at radius 1 is 1.13 bits per heavy atom. The fourth-order valence-corrected chi connectivity index (χ4v) is 1.60. The number of fused-ring (bicyclic) bond motifs is 1. The Bertz CT molecular complexity index is 497. The molecule has 0 spiro atoms. The number of aromatic nitrogens is 1. The standard InChI is InChI=1S/C13H15NO/c1-13(2,3)9-4-5-11-10(8-9)12(15)6-7-14-11/h4-8H,1-3H3,(H,14,15). The molecule has 0 atom stereocenters. The molecule has 2 aromatic rings. The lowest BCUT2D eigenvalue weighted by Gasteiger charge is -2.19. The van der Waals surface area contributed by atoms with Gasteiger partial charge in [0, 0.05) is 11.6 Å². The van der Waals surface area contributed by atoms with Gasteiger partial charge in [0.2, 0.25) is 0 Å². The highest BCUT2D eigenvalue weighted by molar-refractivity contribution is 5.85. The highest BCUT2D eigenvalue weighted by Crippen LogP contribution is 2.29. The number of hydrogen-bond acceptors (Lipinski definition) is 2. The lowest BCUT2D eigenvalue weighted by atomic mass is 9.86. The zero-order valence-corrected chi connectivity index (χ0v) is 9.28. The van der Waals surface area contributed by atoms with E-state index < -0.39 is 0 Å². The van der Waals surface area contributed by atoms with Crippen LogP contribution in [0.15, 0.2) is 30.5 Å². The van der Waals surface area contributed by atoms with Crippen molar-refractivity contribution < 1.29 is 5.11 Å². The van der Waals surface area contributed by atoms with Crippen molar-refractivity contribution in [3.8, 4) is 5.75 Å². The van der Waals surface area contributed by atoms with Gasteiger partial charge in [-0.05, 0) is 29.2 Å². The predicted octanol–water partition coefficient (Wildman–Crippen LogP) is 3.24. The van der Waals surface area contributed by atoms with Crippen LogP contribution in [0.25, 0.3) is 10.9 Å². The van der Waals surface area contributed by atoms with Crippen LogP contribution in [-0.2, 0) is 5.41 Å². The molecule has 0 aliphatic carbocycles. The van der Waals surface area contributed by atoms with Crippen LogP contribution in [0.2, 0.25) is 0 Å². The quantitative estimate of drug-likeness (QED) is 0.709. The van der Waals surface area contributed by atoms with Crippen molar-refractivity contribution in [1.29, 1.82) is 0 Å². The van der Waals surface area contributed by atoms with Crippen molar-refractivity contribution >= 4 is 10.9 Å². The van der Waals surface area contributed by atoms with Crippen LogP contribution in [0.1, 0.15) is 26.3 Å². The molecule has 0 unspecified atom stereocenters. The van der Waals surface area contributed by atoms with E-state index in [1.807, 2.05) is 12.1 Å². The second-order valence-electron chi connectivity index (χ2n) is 4.81. The van der Waals surface area contributed by atoms with Crippen molar-refractivity contribution in [3.05, 3.63) is 36.0 Å². The van der Waals surface area contributed by atoms with Crippen LogP contribution in [0.3, 0.4) is 0 Å². The SMILES string of the molecule is CC(C)(C)c1ccc2nccc(O)c2c1. The minimum atomic E-state index is 0.0937. The van der Waals surface area contributed by atoms with Crippen molar-refractivity contribution in [2.24, 2.45) is 0 Å². The zero-order chi connectivity index (χ0) is 11.1. The van der Waals surface area contributed by atoms with Gasteiger partial charge in [-0.15, -0.1) is 0 Å². The van der Waals surface area contributed by atoms with Gasteiger partial charge in [-0.25, -0.2) is 0 Å². The minimum absolute atomic E-state index is 0.0937. The van der Waals surface area contributed by atoms with Crippen LogP contribution < -0.4 is 0 Å². The summed E-state index contributed by atoms with van der Waals surface area (Å²) in [5.74, 6) is 0.297. The fourth-order valence-electron chi connectivity index (χ4n) is 1.60. The lowest BCUT2D eigenvalue weighted by molar-refractivity contribution is 0.481. The molecule has 0 saturated heterocycles. The maximum atomic E-state index is 9.72. The van der Waals surface area contributed by atoms with E-state index in [1.54, 1.807) is 12.3 Å². The number of rotatable bonds is 0. The molecular formula is C13H15NO. The summed E-state index contributed by atoms with van der Waals surface area (Å²) >= 11 is 0. The third kappa shape index (κ3) is 1.80. The average Bonchev–Trinajstić information content (AvgIpc) is 2.16. The summed E-state index contributed by atoms with van der Waals surface area (Å²) < 4.78 is 0. The van der Waals surface area contributed by atoms with Crippen LogP contribution in [-0.4, -0.2) is 10.1 Å². The van der Waals surface area contributed by atoms with E-state index in [-0.39, 0.29) is 5.41 Å². The molecule has 0 fully saturated rings. The summed E-state index contributed by atoms with van der Waals surface area (Å²) in [6, 6.07) is 7.65. The molecule has 15 heavy (non-hydrogen) atoms. The molecular weight excluding hydrogens is 186 g/mol. The van der Waals surface area contributed by atoms with E-state index in [2.05, 4.69) is 31.8 Å². The summed E-state index contributed by atoms with van der Waals surface area (Å²) in [5.41, 5.74) is 2.14. The minimum Gasteiger partial charge on any atom is -0.507 e. The van der Waals surface area contributed by atoms with E-state index >= 15 is 0 Å². The first-order valence-corrected chi connectivity index (χ1v) is 5.07. The molecule has 0 bridgehead atoms. The van der Waals surface area contributed by atoms with Gasteiger partial charge < -0.3 is 5.11 Å². The molecule has 1 heterocycles. The molecule has 0 saturated carbocycles. The summed E-state index contributed by atoms with van der Waals surface area (Å²) in [7, 11) is 0. The van der Waals surface area contributed by atoms with Gasteiger partial charge in [0.15, 0.2) is 0 Å². The Labute approximate surface area is 89.6 Å². The molecule has 2 nitrogen and oxygen atoms in total. The third-order valence-corrected chi connectivity index (χ3v) is 2.58. The van der Waals surface area contributed by atoms with Crippen LogP contribution in [0, 0.1) is 0 Å². The smallest absolute Gasteiger partial charge is 0.126 e. The topological polar surface area (TPSA) is 33.1 Å². The van der Waals surface area contributed by atoms with Crippen LogP contribution >= 0.6 is 0 Å². The van der Waals surface area contributed by atoms with Crippen molar-refractivity contribution in [1.82, 2.24) is 4.98 Å². The first-order valence-electron chi connectivity index (χ1n) is 5.07. The molecule has 0 amide bonds. The Morgan fingerprint density at radius 3 is 2.53 bits per heavy atom. The van der Waals surface area contributed by atoms with Gasteiger partial charge in [-0.1, -0.05) is 26.8 Å². The average molecular weight is 201 g/mol. The van der Waals surface area contributed by atoms with E-state index in [4.69, 9.17) is 0 Å². The molecule has 0 aliphatic heterocycles.